The van der Waals surface area contributed by atoms with E-state index in [1.54, 1.807) is 18.3 Å². The van der Waals surface area contributed by atoms with Crippen LogP contribution in [0.2, 0.25) is 0 Å². The van der Waals surface area contributed by atoms with E-state index in [0.717, 1.165) is 25.8 Å². The molecule has 5 nitrogen and oxygen atoms in total. The van der Waals surface area contributed by atoms with Crippen LogP contribution in [0.15, 0.2) is 34.9 Å². The van der Waals surface area contributed by atoms with Crippen LogP contribution in [0.4, 0.5) is 4.39 Å². The molecule has 0 radical (unpaired) electrons. The Bertz CT molecular complexity index is 775. The fraction of sp³-hybridized carbons (Fsp3) is 0.444. The van der Waals surface area contributed by atoms with Gasteiger partial charge in [0.1, 0.15) is 5.82 Å². The molecule has 1 aliphatic carbocycles. The standard InChI is InChI=1S/C18H19FN2O3/c19-14-5-1-3-12(7-14)15-8-20-16(24-15)10-21-9-13-4-2-6-18(13,11-21)17(22)23/h1,3,5,7-8,13H,2,4,6,9-11H2,(H,22,23)/t13-,18+/m0/s1. The van der Waals surface area contributed by atoms with Gasteiger partial charge in [0.25, 0.3) is 0 Å². The first kappa shape index (κ1) is 15.3. The third-order valence-electron chi connectivity index (χ3n) is 5.39. The zero-order valence-corrected chi connectivity index (χ0v) is 13.2. The molecule has 0 spiro atoms. The molecule has 2 fully saturated rings. The number of benzene rings is 1. The molecule has 0 bridgehead atoms. The van der Waals surface area contributed by atoms with E-state index in [0.29, 0.717) is 30.3 Å². The molecule has 0 amide bonds. The van der Waals surface area contributed by atoms with Crippen LogP contribution in [0.5, 0.6) is 0 Å². The van der Waals surface area contributed by atoms with Crippen LogP contribution in [0.25, 0.3) is 11.3 Å². The van der Waals surface area contributed by atoms with E-state index in [1.165, 1.54) is 12.1 Å². The molecular weight excluding hydrogens is 311 g/mol. The number of aliphatic carboxylic acids is 1. The van der Waals surface area contributed by atoms with Crippen molar-refractivity contribution in [2.24, 2.45) is 11.3 Å². The van der Waals surface area contributed by atoms with E-state index in [4.69, 9.17) is 4.42 Å². The van der Waals surface area contributed by atoms with Gasteiger partial charge in [0, 0.05) is 18.7 Å². The van der Waals surface area contributed by atoms with Gasteiger partial charge in [-0.3, -0.25) is 9.69 Å². The Morgan fingerprint density at radius 1 is 1.50 bits per heavy atom. The number of carbonyl (C=O) groups is 1. The molecule has 4 rings (SSSR count). The molecule has 2 atom stereocenters. The van der Waals surface area contributed by atoms with Crippen molar-refractivity contribution in [2.45, 2.75) is 25.8 Å². The van der Waals surface area contributed by atoms with Gasteiger partial charge >= 0.3 is 5.97 Å². The van der Waals surface area contributed by atoms with Gasteiger partial charge in [0.15, 0.2) is 5.76 Å². The number of nitrogens with zero attached hydrogens (tertiary/aromatic N) is 2. The zero-order chi connectivity index (χ0) is 16.7. The maximum Gasteiger partial charge on any atom is 0.311 e. The average molecular weight is 330 g/mol. The van der Waals surface area contributed by atoms with Crippen molar-refractivity contribution in [2.75, 3.05) is 13.1 Å². The second kappa shape index (κ2) is 5.70. The summed E-state index contributed by atoms with van der Waals surface area (Å²) in [6, 6.07) is 6.19. The number of oxazole rings is 1. The van der Waals surface area contributed by atoms with Gasteiger partial charge in [-0.1, -0.05) is 18.6 Å². The Morgan fingerprint density at radius 3 is 3.12 bits per heavy atom. The van der Waals surface area contributed by atoms with Crippen LogP contribution < -0.4 is 0 Å². The van der Waals surface area contributed by atoms with Crippen LogP contribution in [0.3, 0.4) is 0 Å². The van der Waals surface area contributed by atoms with Crippen molar-refractivity contribution < 1.29 is 18.7 Å². The lowest BCUT2D eigenvalue weighted by Crippen LogP contribution is -2.35. The Labute approximate surface area is 139 Å². The van der Waals surface area contributed by atoms with E-state index < -0.39 is 11.4 Å². The largest absolute Gasteiger partial charge is 0.481 e. The molecule has 24 heavy (non-hydrogen) atoms. The number of hydrogen-bond acceptors (Lipinski definition) is 4. The third kappa shape index (κ3) is 2.51. The molecule has 126 valence electrons. The molecule has 1 N–H and O–H groups in total. The molecule has 2 heterocycles. The third-order valence-corrected chi connectivity index (χ3v) is 5.39. The lowest BCUT2D eigenvalue weighted by molar-refractivity contribution is -0.149. The van der Waals surface area contributed by atoms with Crippen LogP contribution in [0, 0.1) is 17.2 Å². The van der Waals surface area contributed by atoms with Crippen LogP contribution in [-0.4, -0.2) is 34.0 Å². The van der Waals surface area contributed by atoms with Gasteiger partial charge < -0.3 is 9.52 Å². The minimum absolute atomic E-state index is 0.215. The Hall–Kier alpha value is -2.21. The summed E-state index contributed by atoms with van der Waals surface area (Å²) in [6.45, 7) is 1.80. The van der Waals surface area contributed by atoms with Crippen molar-refractivity contribution in [3.05, 3.63) is 42.2 Å². The topological polar surface area (TPSA) is 66.6 Å². The summed E-state index contributed by atoms with van der Waals surface area (Å²) in [6.07, 6.45) is 4.31. The summed E-state index contributed by atoms with van der Waals surface area (Å²) in [7, 11) is 0. The number of aromatic nitrogens is 1. The van der Waals surface area contributed by atoms with E-state index in [9.17, 15) is 14.3 Å². The highest BCUT2D eigenvalue weighted by molar-refractivity contribution is 5.76. The van der Waals surface area contributed by atoms with Gasteiger partial charge in [-0.15, -0.1) is 0 Å². The fourth-order valence-corrected chi connectivity index (χ4v) is 4.21. The predicted octanol–water partition coefficient (Wildman–Crippen LogP) is 3.17. The average Bonchev–Trinajstić information content (AvgIpc) is 3.21. The van der Waals surface area contributed by atoms with Gasteiger partial charge in [-0.05, 0) is 30.9 Å². The number of carboxylic acid groups (broad SMARTS) is 1. The number of fused-ring (bicyclic) bond motifs is 1. The van der Waals surface area contributed by atoms with E-state index in [2.05, 4.69) is 9.88 Å². The van der Waals surface area contributed by atoms with Crippen molar-refractivity contribution in [3.63, 3.8) is 0 Å². The van der Waals surface area contributed by atoms with Crippen LogP contribution in [0.1, 0.15) is 25.2 Å². The van der Waals surface area contributed by atoms with Crippen molar-refractivity contribution >= 4 is 5.97 Å². The summed E-state index contributed by atoms with van der Waals surface area (Å²) in [5.41, 5.74) is 0.0480. The summed E-state index contributed by atoms with van der Waals surface area (Å²) in [5, 5.41) is 9.64. The van der Waals surface area contributed by atoms with E-state index >= 15 is 0 Å². The fourth-order valence-electron chi connectivity index (χ4n) is 4.21. The lowest BCUT2D eigenvalue weighted by Gasteiger charge is -2.23. The summed E-state index contributed by atoms with van der Waals surface area (Å²) >= 11 is 0. The lowest BCUT2D eigenvalue weighted by atomic mass is 9.81. The minimum atomic E-state index is -0.680. The molecule has 1 saturated carbocycles. The number of halogens is 1. The highest BCUT2D eigenvalue weighted by atomic mass is 19.1. The highest BCUT2D eigenvalue weighted by Gasteiger charge is 2.54. The summed E-state index contributed by atoms with van der Waals surface area (Å²) < 4.78 is 19.0. The van der Waals surface area contributed by atoms with Gasteiger partial charge in [-0.25, -0.2) is 9.37 Å². The molecule has 1 saturated heterocycles. The maximum absolute atomic E-state index is 13.3. The van der Waals surface area contributed by atoms with Crippen molar-refractivity contribution in [3.8, 4) is 11.3 Å². The first-order valence-electron chi connectivity index (χ1n) is 8.23. The van der Waals surface area contributed by atoms with E-state index in [-0.39, 0.29) is 11.7 Å². The highest BCUT2D eigenvalue weighted by Crippen LogP contribution is 2.49. The quantitative estimate of drug-likeness (QED) is 0.933. The second-order valence-electron chi connectivity index (χ2n) is 6.85. The molecule has 2 aliphatic rings. The number of hydrogen-bond donors (Lipinski definition) is 1. The van der Waals surface area contributed by atoms with Crippen molar-refractivity contribution in [1.82, 2.24) is 9.88 Å². The number of carboxylic acids is 1. The van der Waals surface area contributed by atoms with Crippen molar-refractivity contribution in [1.29, 1.82) is 0 Å². The molecule has 6 heteroatoms. The first-order chi connectivity index (χ1) is 11.6. The summed E-state index contributed by atoms with van der Waals surface area (Å²) in [5.74, 6) is 0.279. The smallest absolute Gasteiger partial charge is 0.311 e. The molecule has 1 aromatic carbocycles. The first-order valence-corrected chi connectivity index (χ1v) is 8.23. The Balaban J connectivity index is 1.48. The Kier molecular flexibility index (Phi) is 3.64. The zero-order valence-electron chi connectivity index (χ0n) is 13.2. The monoisotopic (exact) mass is 330 g/mol. The van der Waals surface area contributed by atoms with Gasteiger partial charge in [0.2, 0.25) is 5.89 Å². The van der Waals surface area contributed by atoms with Crippen LogP contribution in [-0.2, 0) is 11.3 Å². The number of likely N-dealkylation sites (tertiary alicyclic amines) is 1. The van der Waals surface area contributed by atoms with Gasteiger partial charge in [-0.2, -0.15) is 0 Å². The maximum atomic E-state index is 13.3. The SMILES string of the molecule is O=C(O)[C@@]12CCC[C@H]1CN(Cc1ncc(-c3cccc(F)c3)o1)C2. The molecule has 2 aromatic rings. The molecule has 1 aromatic heterocycles. The molecule has 1 aliphatic heterocycles. The Morgan fingerprint density at radius 2 is 2.38 bits per heavy atom. The summed E-state index contributed by atoms with van der Waals surface area (Å²) in [4.78, 5) is 18.1. The van der Waals surface area contributed by atoms with Gasteiger partial charge in [0.05, 0.1) is 18.2 Å². The minimum Gasteiger partial charge on any atom is -0.481 e. The normalized spacial score (nSPS) is 26.6. The second-order valence-corrected chi connectivity index (χ2v) is 6.85. The predicted molar refractivity (Wildman–Crippen MR) is 84.6 cm³/mol. The van der Waals surface area contributed by atoms with Crippen LogP contribution >= 0.6 is 0 Å². The molecular formula is C18H19FN2O3. The molecule has 0 unspecified atom stereocenters. The number of rotatable bonds is 4. The van der Waals surface area contributed by atoms with E-state index in [1.807, 2.05) is 0 Å².